The molecule has 0 aromatic rings. The number of aliphatic imine (C=N–C) groups is 1. The van der Waals surface area contributed by atoms with Crippen LogP contribution in [0.2, 0.25) is 0 Å². The molecule has 1 rings (SSSR count). The number of alkyl halides is 3. The van der Waals surface area contributed by atoms with Crippen molar-refractivity contribution in [2.75, 3.05) is 19.6 Å². The molecule has 0 amide bonds. The van der Waals surface area contributed by atoms with Gasteiger partial charge in [-0.2, -0.15) is 13.2 Å². The maximum absolute atomic E-state index is 11.7. The third-order valence-corrected chi connectivity index (χ3v) is 1.60. The van der Waals surface area contributed by atoms with Crippen LogP contribution >= 0.6 is 0 Å². The van der Waals surface area contributed by atoms with Gasteiger partial charge in [-0.1, -0.05) is 0 Å². The summed E-state index contributed by atoms with van der Waals surface area (Å²) in [5.74, 6) is 0.482. The second-order valence-electron chi connectivity index (χ2n) is 2.80. The van der Waals surface area contributed by atoms with E-state index in [9.17, 15) is 13.2 Å². The molecule has 0 saturated heterocycles. The summed E-state index contributed by atoms with van der Waals surface area (Å²) in [6.45, 7) is 1.34. The third-order valence-electron chi connectivity index (χ3n) is 1.60. The lowest BCUT2D eigenvalue weighted by Crippen LogP contribution is -2.41. The van der Waals surface area contributed by atoms with Crippen LogP contribution in [-0.2, 0) is 0 Å². The largest absolute Gasteiger partial charge is 0.390 e. The molecule has 76 valence electrons. The lowest BCUT2D eigenvalue weighted by molar-refractivity contribution is -0.132. The number of rotatable bonds is 2. The Morgan fingerprint density at radius 3 is 2.77 bits per heavy atom. The first kappa shape index (κ1) is 10.1. The normalized spacial score (nSPS) is 17.6. The van der Waals surface area contributed by atoms with Gasteiger partial charge >= 0.3 is 6.18 Å². The molecule has 3 nitrogen and oxygen atoms in total. The number of halogens is 3. The van der Waals surface area contributed by atoms with Gasteiger partial charge < -0.3 is 10.6 Å². The molecule has 6 heteroatoms. The zero-order valence-electron chi connectivity index (χ0n) is 7.12. The molecule has 1 aliphatic rings. The molecule has 1 heterocycles. The van der Waals surface area contributed by atoms with Crippen LogP contribution in [0.4, 0.5) is 13.2 Å². The van der Waals surface area contributed by atoms with E-state index >= 15 is 0 Å². The topological polar surface area (TPSA) is 36.4 Å². The number of hydrogen-bond donors (Lipinski definition) is 2. The highest BCUT2D eigenvalue weighted by atomic mass is 19.4. The SMILES string of the molecule is FC(F)(F)CCNC1=NCCCN1. The van der Waals surface area contributed by atoms with Gasteiger partial charge in [0.25, 0.3) is 0 Å². The van der Waals surface area contributed by atoms with E-state index in [0.717, 1.165) is 13.0 Å². The van der Waals surface area contributed by atoms with Gasteiger partial charge in [0.2, 0.25) is 0 Å². The predicted molar refractivity (Wildman–Crippen MR) is 43.6 cm³/mol. The molecule has 2 N–H and O–H groups in total. The Kier molecular flexibility index (Phi) is 3.39. The monoisotopic (exact) mass is 195 g/mol. The average Bonchev–Trinajstić information content (AvgIpc) is 2.04. The van der Waals surface area contributed by atoms with Crippen LogP contribution in [0.15, 0.2) is 4.99 Å². The van der Waals surface area contributed by atoms with E-state index in [1.807, 2.05) is 0 Å². The summed E-state index contributed by atoms with van der Waals surface area (Å²) in [5.41, 5.74) is 0. The van der Waals surface area contributed by atoms with Crippen molar-refractivity contribution in [1.29, 1.82) is 0 Å². The molecule has 0 saturated carbocycles. The minimum absolute atomic E-state index is 0.116. The molecular weight excluding hydrogens is 183 g/mol. The van der Waals surface area contributed by atoms with Crippen molar-refractivity contribution < 1.29 is 13.2 Å². The molecule has 0 fully saturated rings. The fraction of sp³-hybridized carbons (Fsp3) is 0.857. The average molecular weight is 195 g/mol. The van der Waals surface area contributed by atoms with E-state index in [1.165, 1.54) is 0 Å². The molecule has 0 bridgehead atoms. The molecule has 0 aliphatic carbocycles. The zero-order valence-corrected chi connectivity index (χ0v) is 7.12. The van der Waals surface area contributed by atoms with Crippen molar-refractivity contribution in [3.63, 3.8) is 0 Å². The van der Waals surface area contributed by atoms with Gasteiger partial charge in [0.05, 0.1) is 6.42 Å². The van der Waals surface area contributed by atoms with Crippen LogP contribution in [0.3, 0.4) is 0 Å². The van der Waals surface area contributed by atoms with Crippen LogP contribution in [0.25, 0.3) is 0 Å². The quantitative estimate of drug-likeness (QED) is 0.686. The Bertz CT molecular complexity index is 188. The number of hydrogen-bond acceptors (Lipinski definition) is 3. The van der Waals surface area contributed by atoms with E-state index in [1.54, 1.807) is 0 Å². The van der Waals surface area contributed by atoms with E-state index in [0.29, 0.717) is 12.5 Å². The van der Waals surface area contributed by atoms with Gasteiger partial charge in [-0.3, -0.25) is 4.99 Å². The van der Waals surface area contributed by atoms with Crippen LogP contribution in [-0.4, -0.2) is 31.8 Å². The second-order valence-corrected chi connectivity index (χ2v) is 2.80. The van der Waals surface area contributed by atoms with Crippen LogP contribution in [0.1, 0.15) is 12.8 Å². The highest BCUT2D eigenvalue weighted by molar-refractivity contribution is 5.80. The highest BCUT2D eigenvalue weighted by Crippen LogP contribution is 2.17. The fourth-order valence-electron chi connectivity index (χ4n) is 0.974. The molecule has 0 unspecified atom stereocenters. The summed E-state index contributed by atoms with van der Waals surface area (Å²) in [4.78, 5) is 3.98. The van der Waals surface area contributed by atoms with Gasteiger partial charge in [-0.05, 0) is 6.42 Å². The molecule has 0 aromatic carbocycles. The smallest absolute Gasteiger partial charge is 0.356 e. The Morgan fingerprint density at radius 1 is 1.46 bits per heavy atom. The minimum atomic E-state index is -4.10. The van der Waals surface area contributed by atoms with E-state index in [-0.39, 0.29) is 6.54 Å². The zero-order chi connectivity index (χ0) is 9.73. The molecule has 1 aliphatic heterocycles. The van der Waals surface area contributed by atoms with E-state index in [4.69, 9.17) is 0 Å². The first-order chi connectivity index (χ1) is 6.08. The van der Waals surface area contributed by atoms with Crippen LogP contribution in [0.5, 0.6) is 0 Å². The third kappa shape index (κ3) is 4.59. The van der Waals surface area contributed by atoms with Crippen molar-refractivity contribution >= 4 is 5.96 Å². The first-order valence-electron chi connectivity index (χ1n) is 4.17. The van der Waals surface area contributed by atoms with Crippen molar-refractivity contribution in [2.45, 2.75) is 19.0 Å². The van der Waals surface area contributed by atoms with Gasteiger partial charge in [0, 0.05) is 19.6 Å². The standard InChI is InChI=1S/C7H12F3N3/c8-7(9,10)2-5-13-6-11-3-1-4-12-6/h1-5H2,(H2,11,12,13). The minimum Gasteiger partial charge on any atom is -0.356 e. The lowest BCUT2D eigenvalue weighted by Gasteiger charge is -2.16. The maximum atomic E-state index is 11.7. The van der Waals surface area contributed by atoms with Gasteiger partial charge in [0.15, 0.2) is 5.96 Å². The van der Waals surface area contributed by atoms with Crippen molar-refractivity contribution in [2.24, 2.45) is 4.99 Å². The maximum Gasteiger partial charge on any atom is 0.390 e. The fourth-order valence-corrected chi connectivity index (χ4v) is 0.974. The summed E-state index contributed by atoms with van der Waals surface area (Å²) >= 11 is 0. The Balaban J connectivity index is 2.15. The van der Waals surface area contributed by atoms with Crippen LogP contribution < -0.4 is 10.6 Å². The van der Waals surface area contributed by atoms with Crippen molar-refractivity contribution in [3.05, 3.63) is 0 Å². The first-order valence-corrected chi connectivity index (χ1v) is 4.17. The Labute approximate surface area is 74.4 Å². The Morgan fingerprint density at radius 2 is 2.23 bits per heavy atom. The number of nitrogens with one attached hydrogen (secondary N) is 2. The number of nitrogens with zero attached hydrogens (tertiary/aromatic N) is 1. The molecular formula is C7H12F3N3. The van der Waals surface area contributed by atoms with Crippen LogP contribution in [0, 0.1) is 0 Å². The summed E-state index contributed by atoms with van der Waals surface area (Å²) in [6, 6.07) is 0. The van der Waals surface area contributed by atoms with Gasteiger partial charge in [-0.25, -0.2) is 0 Å². The van der Waals surface area contributed by atoms with Crippen molar-refractivity contribution in [1.82, 2.24) is 10.6 Å². The summed E-state index contributed by atoms with van der Waals surface area (Å²) < 4.78 is 35.1. The summed E-state index contributed by atoms with van der Waals surface area (Å²) in [7, 11) is 0. The molecule has 13 heavy (non-hydrogen) atoms. The Hall–Kier alpha value is -0.940. The summed E-state index contributed by atoms with van der Waals surface area (Å²) in [5, 5.41) is 5.47. The van der Waals surface area contributed by atoms with Crippen molar-refractivity contribution in [3.8, 4) is 0 Å². The summed E-state index contributed by atoms with van der Waals surface area (Å²) in [6.07, 6.45) is -3.99. The molecule has 0 atom stereocenters. The van der Waals surface area contributed by atoms with E-state index in [2.05, 4.69) is 15.6 Å². The molecule has 0 aromatic heterocycles. The predicted octanol–water partition coefficient (Wildman–Crippen LogP) is 0.878. The van der Waals surface area contributed by atoms with Gasteiger partial charge in [0.1, 0.15) is 0 Å². The lowest BCUT2D eigenvalue weighted by atomic mass is 10.4. The second kappa shape index (κ2) is 4.34. The molecule has 0 spiro atoms. The number of guanidine groups is 1. The molecule has 0 radical (unpaired) electrons. The van der Waals surface area contributed by atoms with E-state index < -0.39 is 12.6 Å². The highest BCUT2D eigenvalue weighted by Gasteiger charge is 2.26. The van der Waals surface area contributed by atoms with Gasteiger partial charge in [-0.15, -0.1) is 0 Å².